The zero-order valence-corrected chi connectivity index (χ0v) is 9.94. The first kappa shape index (κ1) is 12.1. The van der Waals surface area contributed by atoms with Gasteiger partial charge >= 0.3 is 0 Å². The van der Waals surface area contributed by atoms with E-state index in [1.165, 1.54) is 11.8 Å². The zero-order chi connectivity index (χ0) is 11.3. The Morgan fingerprint density at radius 2 is 1.93 bits per heavy atom. The largest absolute Gasteiger partial charge is 0.224 e. The van der Waals surface area contributed by atoms with Crippen molar-refractivity contribution in [1.82, 2.24) is 0 Å². The average molecular weight is 241 g/mol. The summed E-state index contributed by atoms with van der Waals surface area (Å²) in [6.07, 6.45) is 0. The molecule has 0 bridgehead atoms. The van der Waals surface area contributed by atoms with Crippen molar-refractivity contribution in [3.63, 3.8) is 0 Å². The molecule has 0 N–H and O–H groups in total. The van der Waals surface area contributed by atoms with Gasteiger partial charge in [0.05, 0.1) is 22.5 Å². The number of nitriles is 1. The van der Waals surface area contributed by atoms with Gasteiger partial charge in [-0.25, -0.2) is 8.42 Å². The standard InChI is InChI=1S/C10H11NO2S2/c1-2-15(12,13)10-5-3-9(4-6-10)14-8-7-11/h3-6H,2,8H2,1H3. The minimum absolute atomic E-state index is 0.109. The highest BCUT2D eigenvalue weighted by Gasteiger charge is 2.10. The van der Waals surface area contributed by atoms with Crippen LogP contribution >= 0.6 is 11.8 Å². The molecule has 0 saturated heterocycles. The van der Waals surface area contributed by atoms with E-state index in [0.717, 1.165) is 4.90 Å². The van der Waals surface area contributed by atoms with E-state index in [9.17, 15) is 8.42 Å². The summed E-state index contributed by atoms with van der Waals surface area (Å²) in [5.41, 5.74) is 0. The number of hydrogen-bond donors (Lipinski definition) is 0. The second-order valence-corrected chi connectivity index (χ2v) is 6.15. The molecule has 0 unspecified atom stereocenters. The Balaban J connectivity index is 2.87. The van der Waals surface area contributed by atoms with Gasteiger partial charge in [-0.1, -0.05) is 6.92 Å². The van der Waals surface area contributed by atoms with Gasteiger partial charge < -0.3 is 0 Å². The first-order valence-corrected chi connectivity index (χ1v) is 7.06. The second kappa shape index (κ2) is 5.19. The van der Waals surface area contributed by atoms with Gasteiger partial charge in [-0.2, -0.15) is 5.26 Å². The SMILES string of the molecule is CCS(=O)(=O)c1ccc(SCC#N)cc1. The summed E-state index contributed by atoms with van der Waals surface area (Å²) in [5.74, 6) is 0.484. The molecule has 0 aliphatic heterocycles. The van der Waals surface area contributed by atoms with Crippen molar-refractivity contribution in [2.24, 2.45) is 0 Å². The van der Waals surface area contributed by atoms with Crippen LogP contribution in [-0.4, -0.2) is 19.9 Å². The van der Waals surface area contributed by atoms with Crippen LogP contribution in [0.2, 0.25) is 0 Å². The molecule has 1 aromatic rings. The molecule has 1 rings (SSSR count). The maximum absolute atomic E-state index is 11.5. The van der Waals surface area contributed by atoms with E-state index in [-0.39, 0.29) is 5.75 Å². The van der Waals surface area contributed by atoms with Crippen LogP contribution in [-0.2, 0) is 9.84 Å². The number of benzene rings is 1. The molecule has 0 aliphatic carbocycles. The number of rotatable bonds is 4. The second-order valence-electron chi connectivity index (χ2n) is 2.82. The summed E-state index contributed by atoms with van der Waals surface area (Å²) < 4.78 is 22.9. The predicted molar refractivity (Wildman–Crippen MR) is 60.5 cm³/mol. The Hall–Kier alpha value is -0.990. The Kier molecular flexibility index (Phi) is 4.18. The van der Waals surface area contributed by atoms with Crippen LogP contribution in [0.15, 0.2) is 34.1 Å². The maximum atomic E-state index is 11.5. The molecule has 15 heavy (non-hydrogen) atoms. The molecule has 80 valence electrons. The fourth-order valence-electron chi connectivity index (χ4n) is 1.03. The Bertz CT molecular complexity index is 457. The molecule has 5 heteroatoms. The van der Waals surface area contributed by atoms with Crippen molar-refractivity contribution < 1.29 is 8.42 Å². The van der Waals surface area contributed by atoms with Crippen LogP contribution in [0.5, 0.6) is 0 Å². The quantitative estimate of drug-likeness (QED) is 0.757. The summed E-state index contributed by atoms with van der Waals surface area (Å²) in [6.45, 7) is 1.62. The number of hydrogen-bond acceptors (Lipinski definition) is 4. The molecule has 0 aromatic heterocycles. The van der Waals surface area contributed by atoms with Gasteiger partial charge in [-0.3, -0.25) is 0 Å². The third kappa shape index (κ3) is 3.26. The lowest BCUT2D eigenvalue weighted by molar-refractivity contribution is 0.597. The van der Waals surface area contributed by atoms with Crippen LogP contribution in [0.25, 0.3) is 0 Å². The Morgan fingerprint density at radius 3 is 2.40 bits per heavy atom. The van der Waals surface area contributed by atoms with E-state index in [4.69, 9.17) is 5.26 Å². The molecule has 0 heterocycles. The fraction of sp³-hybridized carbons (Fsp3) is 0.300. The molecule has 0 spiro atoms. The summed E-state index contributed by atoms with van der Waals surface area (Å²) in [7, 11) is -3.11. The number of thioether (sulfide) groups is 1. The minimum atomic E-state index is -3.11. The van der Waals surface area contributed by atoms with Crippen LogP contribution in [0.4, 0.5) is 0 Å². The predicted octanol–water partition coefficient (Wildman–Crippen LogP) is 2.10. The van der Waals surface area contributed by atoms with Crippen LogP contribution in [0.3, 0.4) is 0 Å². The van der Waals surface area contributed by atoms with E-state index in [2.05, 4.69) is 0 Å². The van der Waals surface area contributed by atoms with E-state index in [0.29, 0.717) is 10.6 Å². The highest BCUT2D eigenvalue weighted by molar-refractivity contribution is 7.99. The molecule has 0 radical (unpaired) electrons. The highest BCUT2D eigenvalue weighted by atomic mass is 32.2. The van der Waals surface area contributed by atoms with Crippen LogP contribution < -0.4 is 0 Å². The molecule has 1 aromatic carbocycles. The molecule has 0 atom stereocenters. The highest BCUT2D eigenvalue weighted by Crippen LogP contribution is 2.20. The summed E-state index contributed by atoms with van der Waals surface area (Å²) in [6, 6.07) is 8.63. The fourth-order valence-corrected chi connectivity index (χ4v) is 2.47. The molecule has 0 aliphatic rings. The van der Waals surface area contributed by atoms with Crippen molar-refractivity contribution in [3.05, 3.63) is 24.3 Å². The third-order valence-corrected chi connectivity index (χ3v) is 4.50. The van der Waals surface area contributed by atoms with E-state index >= 15 is 0 Å². The number of nitrogens with zero attached hydrogens (tertiary/aromatic N) is 1. The molecule has 3 nitrogen and oxygen atoms in total. The van der Waals surface area contributed by atoms with Crippen molar-refractivity contribution in [3.8, 4) is 6.07 Å². The van der Waals surface area contributed by atoms with Gasteiger partial charge in [-0.05, 0) is 24.3 Å². The summed E-state index contributed by atoms with van der Waals surface area (Å²) in [4.78, 5) is 1.25. The zero-order valence-electron chi connectivity index (χ0n) is 8.30. The lowest BCUT2D eigenvalue weighted by atomic mass is 10.4. The number of sulfone groups is 1. The van der Waals surface area contributed by atoms with Crippen LogP contribution in [0, 0.1) is 11.3 Å². The lowest BCUT2D eigenvalue weighted by Crippen LogP contribution is -2.02. The minimum Gasteiger partial charge on any atom is -0.224 e. The Morgan fingerprint density at radius 1 is 1.33 bits per heavy atom. The molecular formula is C10H11NO2S2. The maximum Gasteiger partial charge on any atom is 0.178 e. The smallest absolute Gasteiger partial charge is 0.178 e. The first-order valence-electron chi connectivity index (χ1n) is 4.42. The average Bonchev–Trinajstić information content (AvgIpc) is 2.27. The molecular weight excluding hydrogens is 230 g/mol. The molecule has 0 amide bonds. The lowest BCUT2D eigenvalue weighted by Gasteiger charge is -2.02. The molecule has 0 fully saturated rings. The Labute approximate surface area is 94.0 Å². The van der Waals surface area contributed by atoms with Crippen molar-refractivity contribution in [2.75, 3.05) is 11.5 Å². The van der Waals surface area contributed by atoms with E-state index in [1.807, 2.05) is 6.07 Å². The van der Waals surface area contributed by atoms with E-state index in [1.54, 1.807) is 31.2 Å². The van der Waals surface area contributed by atoms with Crippen molar-refractivity contribution in [1.29, 1.82) is 5.26 Å². The topological polar surface area (TPSA) is 57.9 Å². The summed E-state index contributed by atoms with van der Waals surface area (Å²) in [5, 5.41) is 8.38. The van der Waals surface area contributed by atoms with E-state index < -0.39 is 9.84 Å². The van der Waals surface area contributed by atoms with Gasteiger partial charge in [0, 0.05) is 4.90 Å². The first-order chi connectivity index (χ1) is 7.10. The van der Waals surface area contributed by atoms with Gasteiger partial charge in [0.25, 0.3) is 0 Å². The van der Waals surface area contributed by atoms with Crippen molar-refractivity contribution >= 4 is 21.6 Å². The summed E-state index contributed by atoms with van der Waals surface area (Å²) >= 11 is 1.39. The molecule has 0 saturated carbocycles. The third-order valence-electron chi connectivity index (χ3n) is 1.87. The van der Waals surface area contributed by atoms with Gasteiger partial charge in [0.2, 0.25) is 0 Å². The van der Waals surface area contributed by atoms with Crippen molar-refractivity contribution in [2.45, 2.75) is 16.7 Å². The van der Waals surface area contributed by atoms with Gasteiger partial charge in [-0.15, -0.1) is 11.8 Å². The monoisotopic (exact) mass is 241 g/mol. The van der Waals surface area contributed by atoms with Gasteiger partial charge in [0.15, 0.2) is 9.84 Å². The van der Waals surface area contributed by atoms with Gasteiger partial charge in [0.1, 0.15) is 0 Å². The van der Waals surface area contributed by atoms with Crippen LogP contribution in [0.1, 0.15) is 6.92 Å². The normalized spacial score (nSPS) is 10.9.